The van der Waals surface area contributed by atoms with Gasteiger partial charge in [-0.2, -0.15) is 5.10 Å². The van der Waals surface area contributed by atoms with Gasteiger partial charge in [-0.05, 0) is 36.9 Å². The van der Waals surface area contributed by atoms with Crippen LogP contribution in [0.5, 0.6) is 5.75 Å². The van der Waals surface area contributed by atoms with Gasteiger partial charge in [-0.15, -0.1) is 12.4 Å². The number of nitrogens with zero attached hydrogens (tertiary/aromatic N) is 3. The minimum atomic E-state index is -0.0793. The van der Waals surface area contributed by atoms with E-state index in [0.29, 0.717) is 43.0 Å². The molecule has 3 rings (SSSR count). The molecule has 1 fully saturated rings. The van der Waals surface area contributed by atoms with Gasteiger partial charge in [0.25, 0.3) is 5.91 Å². The van der Waals surface area contributed by atoms with Gasteiger partial charge in [-0.3, -0.25) is 4.79 Å². The first-order valence-corrected chi connectivity index (χ1v) is 8.85. The summed E-state index contributed by atoms with van der Waals surface area (Å²) in [5.74, 6) is 1.21. The molecular weight excluding hydrogens is 352 g/mol. The van der Waals surface area contributed by atoms with Gasteiger partial charge < -0.3 is 15.4 Å². The summed E-state index contributed by atoms with van der Waals surface area (Å²) in [6, 6.07) is 9.74. The van der Waals surface area contributed by atoms with Crippen molar-refractivity contribution in [1.29, 1.82) is 0 Å². The number of hydrogen-bond acceptors (Lipinski definition) is 4. The van der Waals surface area contributed by atoms with Crippen LogP contribution in [-0.4, -0.2) is 46.8 Å². The molecule has 0 radical (unpaired) electrons. The van der Waals surface area contributed by atoms with Crippen LogP contribution in [0.2, 0.25) is 0 Å². The van der Waals surface area contributed by atoms with Crippen LogP contribution in [0.4, 0.5) is 0 Å². The van der Waals surface area contributed by atoms with Crippen LogP contribution in [0.15, 0.2) is 36.5 Å². The summed E-state index contributed by atoms with van der Waals surface area (Å²) >= 11 is 0. The molecule has 1 aliphatic heterocycles. The molecule has 6 nitrogen and oxygen atoms in total. The van der Waals surface area contributed by atoms with Crippen molar-refractivity contribution in [3.63, 3.8) is 0 Å². The van der Waals surface area contributed by atoms with Crippen molar-refractivity contribution in [3.05, 3.63) is 42.2 Å². The fourth-order valence-corrected chi connectivity index (χ4v) is 2.94. The van der Waals surface area contributed by atoms with E-state index in [4.69, 9.17) is 10.5 Å². The molecule has 1 saturated heterocycles. The van der Waals surface area contributed by atoms with Crippen molar-refractivity contribution in [2.75, 3.05) is 26.2 Å². The Morgan fingerprint density at radius 2 is 2.08 bits per heavy atom. The van der Waals surface area contributed by atoms with Crippen molar-refractivity contribution >= 4 is 18.3 Å². The second-order valence-corrected chi connectivity index (χ2v) is 6.97. The first-order valence-electron chi connectivity index (χ1n) is 8.85. The SMILES string of the molecule is CC(C)COc1cn(-c2ccccc2)nc1C(=O)N1CCC(CN)C1.Cl. The molecule has 1 amide bonds. The summed E-state index contributed by atoms with van der Waals surface area (Å²) in [6.45, 7) is 6.73. The molecule has 1 aromatic carbocycles. The van der Waals surface area contributed by atoms with E-state index in [1.807, 2.05) is 35.2 Å². The highest BCUT2D eigenvalue weighted by atomic mass is 35.5. The Morgan fingerprint density at radius 1 is 1.35 bits per heavy atom. The minimum Gasteiger partial charge on any atom is -0.489 e. The number of ether oxygens (including phenoxy) is 1. The predicted molar refractivity (Wildman–Crippen MR) is 104 cm³/mol. The number of likely N-dealkylation sites (tertiary alicyclic amines) is 1. The van der Waals surface area contributed by atoms with Crippen LogP contribution in [-0.2, 0) is 0 Å². The molecule has 1 atom stereocenters. The third-order valence-corrected chi connectivity index (χ3v) is 4.38. The second-order valence-electron chi connectivity index (χ2n) is 6.97. The fraction of sp³-hybridized carbons (Fsp3) is 0.474. The van der Waals surface area contributed by atoms with Crippen LogP contribution in [0.1, 0.15) is 30.8 Å². The Labute approximate surface area is 160 Å². The summed E-state index contributed by atoms with van der Waals surface area (Å²) in [5, 5.41) is 4.52. The molecule has 142 valence electrons. The Hall–Kier alpha value is -2.05. The number of amides is 1. The highest BCUT2D eigenvalue weighted by Crippen LogP contribution is 2.25. The molecule has 1 unspecified atom stereocenters. The molecule has 26 heavy (non-hydrogen) atoms. The highest BCUT2D eigenvalue weighted by Gasteiger charge is 2.30. The Bertz CT molecular complexity index is 718. The van der Waals surface area contributed by atoms with Crippen LogP contribution in [0, 0.1) is 11.8 Å². The number of carbonyl (C=O) groups is 1. The number of benzene rings is 1. The van der Waals surface area contributed by atoms with Crippen LogP contribution < -0.4 is 10.5 Å². The van der Waals surface area contributed by atoms with Gasteiger partial charge in [-0.1, -0.05) is 32.0 Å². The number of halogens is 1. The van der Waals surface area contributed by atoms with Gasteiger partial charge >= 0.3 is 0 Å². The first-order chi connectivity index (χ1) is 12.1. The zero-order valence-electron chi connectivity index (χ0n) is 15.3. The van der Waals surface area contributed by atoms with E-state index in [1.54, 1.807) is 10.9 Å². The van der Waals surface area contributed by atoms with E-state index in [9.17, 15) is 4.79 Å². The standard InChI is InChI=1S/C19H26N4O2.ClH/c1-14(2)13-25-17-12-23(16-6-4-3-5-7-16)21-18(17)19(24)22-9-8-15(10-20)11-22;/h3-7,12,14-15H,8-11,13,20H2,1-2H3;1H. The number of aromatic nitrogens is 2. The van der Waals surface area contributed by atoms with Gasteiger partial charge in [0.15, 0.2) is 11.4 Å². The summed E-state index contributed by atoms with van der Waals surface area (Å²) < 4.78 is 7.59. The third kappa shape index (κ3) is 4.56. The third-order valence-electron chi connectivity index (χ3n) is 4.38. The Balaban J connectivity index is 0.00000243. The summed E-state index contributed by atoms with van der Waals surface area (Å²) in [6.07, 6.45) is 2.74. The molecule has 2 heterocycles. The quantitative estimate of drug-likeness (QED) is 0.838. The monoisotopic (exact) mass is 378 g/mol. The Kier molecular flexibility index (Phi) is 7.06. The van der Waals surface area contributed by atoms with Crippen molar-refractivity contribution in [1.82, 2.24) is 14.7 Å². The molecule has 2 N–H and O–H groups in total. The van der Waals surface area contributed by atoms with Crippen molar-refractivity contribution in [2.45, 2.75) is 20.3 Å². The largest absolute Gasteiger partial charge is 0.489 e. The number of carbonyl (C=O) groups excluding carboxylic acids is 1. The van der Waals surface area contributed by atoms with Crippen molar-refractivity contribution < 1.29 is 9.53 Å². The van der Waals surface area contributed by atoms with E-state index in [1.165, 1.54) is 0 Å². The lowest BCUT2D eigenvalue weighted by molar-refractivity contribution is 0.0776. The lowest BCUT2D eigenvalue weighted by Crippen LogP contribution is -2.30. The maximum Gasteiger partial charge on any atom is 0.278 e. The lowest BCUT2D eigenvalue weighted by Gasteiger charge is -2.16. The molecule has 0 aliphatic carbocycles. The molecule has 1 aliphatic rings. The van der Waals surface area contributed by atoms with Gasteiger partial charge in [0, 0.05) is 13.1 Å². The van der Waals surface area contributed by atoms with Gasteiger partial charge in [-0.25, -0.2) is 4.68 Å². The van der Waals surface area contributed by atoms with Crippen LogP contribution in [0.25, 0.3) is 5.69 Å². The predicted octanol–water partition coefficient (Wildman–Crippen LogP) is 2.75. The molecule has 7 heteroatoms. The summed E-state index contributed by atoms with van der Waals surface area (Å²) in [5.41, 5.74) is 7.02. The average Bonchev–Trinajstić information content (AvgIpc) is 3.27. The van der Waals surface area contributed by atoms with Crippen molar-refractivity contribution in [2.24, 2.45) is 17.6 Å². The normalized spacial score (nSPS) is 16.6. The van der Waals surface area contributed by atoms with E-state index < -0.39 is 0 Å². The average molecular weight is 379 g/mol. The fourth-order valence-electron chi connectivity index (χ4n) is 2.94. The van der Waals surface area contributed by atoms with E-state index >= 15 is 0 Å². The number of para-hydroxylation sites is 1. The van der Waals surface area contributed by atoms with E-state index in [2.05, 4.69) is 18.9 Å². The molecule has 0 saturated carbocycles. The smallest absolute Gasteiger partial charge is 0.278 e. The van der Waals surface area contributed by atoms with Crippen LogP contribution >= 0.6 is 12.4 Å². The van der Waals surface area contributed by atoms with E-state index in [0.717, 1.165) is 18.7 Å². The summed E-state index contributed by atoms with van der Waals surface area (Å²) in [4.78, 5) is 14.8. The maximum atomic E-state index is 12.9. The van der Waals surface area contributed by atoms with E-state index in [-0.39, 0.29) is 18.3 Å². The molecule has 0 bridgehead atoms. The van der Waals surface area contributed by atoms with Crippen LogP contribution in [0.3, 0.4) is 0 Å². The molecule has 2 aromatic rings. The molecule has 0 spiro atoms. The Morgan fingerprint density at radius 3 is 2.69 bits per heavy atom. The lowest BCUT2D eigenvalue weighted by atomic mass is 10.1. The van der Waals surface area contributed by atoms with Gasteiger partial charge in [0.2, 0.25) is 0 Å². The van der Waals surface area contributed by atoms with Gasteiger partial charge in [0.05, 0.1) is 18.5 Å². The van der Waals surface area contributed by atoms with Gasteiger partial charge in [0.1, 0.15) is 0 Å². The first kappa shape index (κ1) is 20.3. The minimum absolute atomic E-state index is 0. The summed E-state index contributed by atoms with van der Waals surface area (Å²) in [7, 11) is 0. The number of rotatable bonds is 6. The topological polar surface area (TPSA) is 73.4 Å². The highest BCUT2D eigenvalue weighted by molar-refractivity contribution is 5.95. The number of hydrogen-bond donors (Lipinski definition) is 1. The zero-order chi connectivity index (χ0) is 17.8. The molecular formula is C19H27ClN4O2. The van der Waals surface area contributed by atoms with Crippen molar-refractivity contribution in [3.8, 4) is 11.4 Å². The second kappa shape index (κ2) is 9.05. The zero-order valence-corrected chi connectivity index (χ0v) is 16.1. The number of nitrogens with two attached hydrogens (primary N) is 1. The maximum absolute atomic E-state index is 12.9. The molecule has 1 aromatic heterocycles.